The Hall–Kier alpha value is -1.75. The zero-order chi connectivity index (χ0) is 13.8. The van der Waals surface area contributed by atoms with Crippen LogP contribution in [-0.4, -0.2) is 27.6 Å². The Kier molecular flexibility index (Phi) is 4.27. The predicted molar refractivity (Wildman–Crippen MR) is 81.0 cm³/mol. The van der Waals surface area contributed by atoms with Crippen LogP contribution in [0.4, 0.5) is 5.82 Å². The molecule has 0 aliphatic heterocycles. The standard InChI is InChI=1S/C14H14BrN3O/c1-9(2)7-17-13-8-16-11-5-3-4-10(12(19)6-15)14(11)18-13/h3-5,8H,1,6-7H2,2H3,(H,17,18). The van der Waals surface area contributed by atoms with Crippen molar-refractivity contribution in [2.45, 2.75) is 6.92 Å². The third-order valence-electron chi connectivity index (χ3n) is 2.57. The number of hydrogen-bond acceptors (Lipinski definition) is 4. The number of carbonyl (C=O) groups is 1. The summed E-state index contributed by atoms with van der Waals surface area (Å²) in [5.74, 6) is 0.641. The first-order valence-electron chi connectivity index (χ1n) is 5.85. The molecule has 0 amide bonds. The SMILES string of the molecule is C=C(C)CNc1cnc2cccc(C(=O)CBr)c2n1. The van der Waals surface area contributed by atoms with E-state index in [1.165, 1.54) is 0 Å². The van der Waals surface area contributed by atoms with Gasteiger partial charge in [-0.1, -0.05) is 34.1 Å². The van der Waals surface area contributed by atoms with Gasteiger partial charge in [-0.3, -0.25) is 9.78 Å². The lowest BCUT2D eigenvalue weighted by Crippen LogP contribution is -2.07. The van der Waals surface area contributed by atoms with Gasteiger partial charge in [0.15, 0.2) is 5.78 Å². The van der Waals surface area contributed by atoms with Crippen molar-refractivity contribution < 1.29 is 4.79 Å². The second-order valence-corrected chi connectivity index (χ2v) is 4.86. The van der Waals surface area contributed by atoms with E-state index in [2.05, 4.69) is 37.8 Å². The molecule has 1 heterocycles. The van der Waals surface area contributed by atoms with Crippen molar-refractivity contribution in [3.63, 3.8) is 0 Å². The Morgan fingerprint density at radius 2 is 2.26 bits per heavy atom. The van der Waals surface area contributed by atoms with Crippen LogP contribution in [0.15, 0.2) is 36.5 Å². The molecule has 19 heavy (non-hydrogen) atoms. The summed E-state index contributed by atoms with van der Waals surface area (Å²) in [6.07, 6.45) is 1.66. The second-order valence-electron chi connectivity index (χ2n) is 4.30. The minimum Gasteiger partial charge on any atom is -0.365 e. The molecule has 2 aromatic rings. The number of halogens is 1. The largest absolute Gasteiger partial charge is 0.365 e. The van der Waals surface area contributed by atoms with E-state index < -0.39 is 0 Å². The third kappa shape index (κ3) is 3.17. The van der Waals surface area contributed by atoms with E-state index >= 15 is 0 Å². The van der Waals surface area contributed by atoms with Crippen molar-refractivity contribution in [1.82, 2.24) is 9.97 Å². The summed E-state index contributed by atoms with van der Waals surface area (Å²) >= 11 is 3.18. The van der Waals surface area contributed by atoms with Crippen LogP contribution in [-0.2, 0) is 0 Å². The zero-order valence-electron chi connectivity index (χ0n) is 10.6. The number of alkyl halides is 1. The monoisotopic (exact) mass is 319 g/mol. The van der Waals surface area contributed by atoms with Crippen LogP contribution in [0.2, 0.25) is 0 Å². The minimum atomic E-state index is -0.00282. The average Bonchev–Trinajstić information content (AvgIpc) is 2.43. The quantitative estimate of drug-likeness (QED) is 0.522. The Labute approximate surface area is 120 Å². The predicted octanol–water partition coefficient (Wildman–Crippen LogP) is 3.20. The fourth-order valence-corrected chi connectivity index (χ4v) is 1.96. The molecule has 5 heteroatoms. The number of carbonyl (C=O) groups excluding carboxylic acids is 1. The van der Waals surface area contributed by atoms with Crippen molar-refractivity contribution in [2.24, 2.45) is 0 Å². The summed E-state index contributed by atoms with van der Waals surface area (Å²) in [6, 6.07) is 5.42. The first-order chi connectivity index (χ1) is 9.11. The van der Waals surface area contributed by atoms with Gasteiger partial charge in [-0.2, -0.15) is 0 Å². The van der Waals surface area contributed by atoms with Gasteiger partial charge in [0.1, 0.15) is 11.3 Å². The highest BCUT2D eigenvalue weighted by Gasteiger charge is 2.11. The Morgan fingerprint density at radius 1 is 1.47 bits per heavy atom. The molecular weight excluding hydrogens is 306 g/mol. The third-order valence-corrected chi connectivity index (χ3v) is 3.08. The normalized spacial score (nSPS) is 10.4. The highest BCUT2D eigenvalue weighted by Crippen LogP contribution is 2.18. The first-order valence-corrected chi connectivity index (χ1v) is 6.97. The fourth-order valence-electron chi connectivity index (χ4n) is 1.66. The summed E-state index contributed by atoms with van der Waals surface area (Å²) < 4.78 is 0. The van der Waals surface area contributed by atoms with Crippen LogP contribution in [0.25, 0.3) is 11.0 Å². The maximum absolute atomic E-state index is 11.9. The van der Waals surface area contributed by atoms with Gasteiger partial charge in [-0.15, -0.1) is 0 Å². The van der Waals surface area contributed by atoms with Gasteiger partial charge in [0.25, 0.3) is 0 Å². The lowest BCUT2D eigenvalue weighted by Gasteiger charge is -2.07. The van der Waals surface area contributed by atoms with Gasteiger partial charge in [0, 0.05) is 12.1 Å². The molecule has 0 bridgehead atoms. The van der Waals surface area contributed by atoms with E-state index in [-0.39, 0.29) is 11.1 Å². The average molecular weight is 320 g/mol. The maximum atomic E-state index is 11.9. The molecule has 1 aromatic carbocycles. The van der Waals surface area contributed by atoms with Crippen LogP contribution in [0.3, 0.4) is 0 Å². The van der Waals surface area contributed by atoms with E-state index in [1.54, 1.807) is 12.3 Å². The van der Waals surface area contributed by atoms with E-state index in [4.69, 9.17) is 0 Å². The van der Waals surface area contributed by atoms with E-state index in [0.29, 0.717) is 29.0 Å². The van der Waals surface area contributed by atoms with Gasteiger partial charge < -0.3 is 5.32 Å². The van der Waals surface area contributed by atoms with Crippen molar-refractivity contribution in [1.29, 1.82) is 0 Å². The summed E-state index contributed by atoms with van der Waals surface area (Å²) in [4.78, 5) is 20.6. The Morgan fingerprint density at radius 3 is 2.95 bits per heavy atom. The van der Waals surface area contributed by atoms with Gasteiger partial charge in [-0.05, 0) is 19.1 Å². The number of nitrogens with zero attached hydrogens (tertiary/aromatic N) is 2. The molecule has 0 atom stereocenters. The van der Waals surface area contributed by atoms with E-state index in [1.807, 2.05) is 19.1 Å². The Bertz CT molecular complexity index is 640. The van der Waals surface area contributed by atoms with Crippen LogP contribution in [0.5, 0.6) is 0 Å². The van der Waals surface area contributed by atoms with Gasteiger partial charge in [0.05, 0.1) is 17.0 Å². The smallest absolute Gasteiger partial charge is 0.175 e. The van der Waals surface area contributed by atoms with Crippen molar-refractivity contribution in [3.05, 3.63) is 42.1 Å². The van der Waals surface area contributed by atoms with Gasteiger partial charge >= 0.3 is 0 Å². The van der Waals surface area contributed by atoms with Gasteiger partial charge in [-0.25, -0.2) is 4.98 Å². The number of rotatable bonds is 5. The molecule has 1 N–H and O–H groups in total. The van der Waals surface area contributed by atoms with Crippen LogP contribution in [0, 0.1) is 0 Å². The molecule has 0 radical (unpaired) electrons. The van der Waals surface area contributed by atoms with E-state index in [9.17, 15) is 4.79 Å². The van der Waals surface area contributed by atoms with Gasteiger partial charge in [0.2, 0.25) is 0 Å². The summed E-state index contributed by atoms with van der Waals surface area (Å²) in [6.45, 7) is 6.39. The van der Waals surface area contributed by atoms with E-state index in [0.717, 1.165) is 5.57 Å². The number of hydrogen-bond donors (Lipinski definition) is 1. The number of benzene rings is 1. The lowest BCUT2D eigenvalue weighted by molar-refractivity contribution is 0.102. The molecule has 0 spiro atoms. The molecular formula is C14H14BrN3O. The molecule has 98 valence electrons. The molecule has 0 fully saturated rings. The van der Waals surface area contributed by atoms with Crippen molar-refractivity contribution in [2.75, 3.05) is 17.2 Å². The van der Waals surface area contributed by atoms with Crippen LogP contribution in [0.1, 0.15) is 17.3 Å². The number of aromatic nitrogens is 2. The summed E-state index contributed by atoms with van der Waals surface area (Å²) in [5.41, 5.74) is 2.93. The highest BCUT2D eigenvalue weighted by atomic mass is 79.9. The summed E-state index contributed by atoms with van der Waals surface area (Å²) in [7, 11) is 0. The molecule has 0 aliphatic rings. The number of nitrogens with one attached hydrogen (secondary N) is 1. The molecule has 0 saturated heterocycles. The molecule has 2 rings (SSSR count). The number of fused-ring (bicyclic) bond motifs is 1. The zero-order valence-corrected chi connectivity index (χ0v) is 12.2. The molecule has 1 aromatic heterocycles. The van der Waals surface area contributed by atoms with Crippen LogP contribution < -0.4 is 5.32 Å². The number of para-hydroxylation sites is 1. The number of ketones is 1. The lowest BCUT2D eigenvalue weighted by atomic mass is 10.1. The molecule has 4 nitrogen and oxygen atoms in total. The molecule has 0 saturated carbocycles. The molecule has 0 aliphatic carbocycles. The van der Waals surface area contributed by atoms with Crippen molar-refractivity contribution >= 4 is 38.6 Å². The maximum Gasteiger partial charge on any atom is 0.175 e. The number of Topliss-reactive ketones (excluding diaryl/α,β-unsaturated/α-hetero) is 1. The minimum absolute atomic E-state index is 0.00282. The summed E-state index contributed by atoms with van der Waals surface area (Å²) in [5, 5.41) is 3.40. The Balaban J connectivity index is 2.44. The highest BCUT2D eigenvalue weighted by molar-refractivity contribution is 9.09. The fraction of sp³-hybridized carbons (Fsp3) is 0.214. The van der Waals surface area contributed by atoms with Crippen molar-refractivity contribution in [3.8, 4) is 0 Å². The topological polar surface area (TPSA) is 54.9 Å². The second kappa shape index (κ2) is 5.93. The van der Waals surface area contributed by atoms with Crippen LogP contribution >= 0.6 is 15.9 Å². The molecule has 0 unspecified atom stereocenters. The first kappa shape index (κ1) is 13.7. The number of anilines is 1.